The SMILES string of the molecule is NCC(NCc1ccccc1F)c1ccccc1Cl. The first kappa shape index (κ1) is 14.0. The van der Waals surface area contributed by atoms with Crippen LogP contribution in [0.2, 0.25) is 5.02 Å². The average Bonchev–Trinajstić information content (AvgIpc) is 2.43. The van der Waals surface area contributed by atoms with Gasteiger partial charge in [0.15, 0.2) is 0 Å². The summed E-state index contributed by atoms with van der Waals surface area (Å²) < 4.78 is 13.5. The average molecular weight is 279 g/mol. The van der Waals surface area contributed by atoms with Gasteiger partial charge in [-0.2, -0.15) is 0 Å². The van der Waals surface area contributed by atoms with Crippen LogP contribution in [0.3, 0.4) is 0 Å². The molecule has 0 aliphatic heterocycles. The third kappa shape index (κ3) is 3.53. The van der Waals surface area contributed by atoms with Crippen molar-refractivity contribution in [2.45, 2.75) is 12.6 Å². The molecule has 19 heavy (non-hydrogen) atoms. The Morgan fingerprint density at radius 3 is 2.47 bits per heavy atom. The van der Waals surface area contributed by atoms with Gasteiger partial charge in [-0.05, 0) is 17.7 Å². The minimum absolute atomic E-state index is 0.0895. The number of benzene rings is 2. The van der Waals surface area contributed by atoms with E-state index in [1.807, 2.05) is 30.3 Å². The highest BCUT2D eigenvalue weighted by Gasteiger charge is 2.12. The van der Waals surface area contributed by atoms with E-state index in [2.05, 4.69) is 5.32 Å². The van der Waals surface area contributed by atoms with Gasteiger partial charge in [-0.15, -0.1) is 0 Å². The van der Waals surface area contributed by atoms with Crippen molar-refractivity contribution >= 4 is 11.6 Å². The lowest BCUT2D eigenvalue weighted by Gasteiger charge is -2.18. The van der Waals surface area contributed by atoms with Gasteiger partial charge in [-0.25, -0.2) is 4.39 Å². The molecule has 0 fully saturated rings. The van der Waals surface area contributed by atoms with Crippen LogP contribution in [0.1, 0.15) is 17.2 Å². The van der Waals surface area contributed by atoms with E-state index < -0.39 is 0 Å². The fourth-order valence-corrected chi connectivity index (χ4v) is 2.22. The number of hydrogen-bond acceptors (Lipinski definition) is 2. The molecule has 2 aromatic rings. The maximum atomic E-state index is 13.5. The molecule has 1 atom stereocenters. The number of nitrogens with one attached hydrogen (secondary N) is 1. The Bertz CT molecular complexity index is 545. The van der Waals surface area contributed by atoms with Crippen molar-refractivity contribution in [3.05, 3.63) is 70.5 Å². The predicted octanol–water partition coefficient (Wildman–Crippen LogP) is 3.27. The Hall–Kier alpha value is -1.42. The molecular formula is C15H16ClFN2. The number of halogens is 2. The van der Waals surface area contributed by atoms with Gasteiger partial charge in [-0.1, -0.05) is 48.0 Å². The summed E-state index contributed by atoms with van der Waals surface area (Å²) >= 11 is 6.14. The van der Waals surface area contributed by atoms with Crippen LogP contribution >= 0.6 is 11.6 Å². The number of nitrogens with two attached hydrogens (primary N) is 1. The predicted molar refractivity (Wildman–Crippen MR) is 76.5 cm³/mol. The van der Waals surface area contributed by atoms with Crippen molar-refractivity contribution in [3.8, 4) is 0 Å². The van der Waals surface area contributed by atoms with Crippen LogP contribution in [-0.2, 0) is 6.54 Å². The third-order valence-electron chi connectivity index (χ3n) is 3.01. The van der Waals surface area contributed by atoms with E-state index >= 15 is 0 Å². The van der Waals surface area contributed by atoms with E-state index in [9.17, 15) is 4.39 Å². The molecule has 0 spiro atoms. The summed E-state index contributed by atoms with van der Waals surface area (Å²) in [4.78, 5) is 0. The van der Waals surface area contributed by atoms with Crippen LogP contribution in [0.15, 0.2) is 48.5 Å². The van der Waals surface area contributed by atoms with Gasteiger partial charge in [0.1, 0.15) is 5.82 Å². The highest BCUT2D eigenvalue weighted by molar-refractivity contribution is 6.31. The highest BCUT2D eigenvalue weighted by atomic mass is 35.5. The molecule has 0 aliphatic rings. The first-order valence-electron chi connectivity index (χ1n) is 6.13. The zero-order valence-corrected chi connectivity index (χ0v) is 11.2. The Kier molecular flexibility index (Phi) is 4.91. The Balaban J connectivity index is 2.09. The van der Waals surface area contributed by atoms with Crippen molar-refractivity contribution in [2.24, 2.45) is 5.73 Å². The fourth-order valence-electron chi connectivity index (χ4n) is 1.95. The van der Waals surface area contributed by atoms with Crippen molar-refractivity contribution in [1.29, 1.82) is 0 Å². The molecule has 0 amide bonds. The van der Waals surface area contributed by atoms with E-state index in [1.165, 1.54) is 6.07 Å². The molecule has 0 heterocycles. The third-order valence-corrected chi connectivity index (χ3v) is 3.36. The molecule has 4 heteroatoms. The first-order valence-corrected chi connectivity index (χ1v) is 6.51. The van der Waals surface area contributed by atoms with Crippen LogP contribution in [0.4, 0.5) is 4.39 Å². The summed E-state index contributed by atoms with van der Waals surface area (Å²) in [6.07, 6.45) is 0. The van der Waals surface area contributed by atoms with Crippen LogP contribution in [0.5, 0.6) is 0 Å². The minimum Gasteiger partial charge on any atom is -0.329 e. The second-order valence-electron chi connectivity index (χ2n) is 4.28. The Morgan fingerprint density at radius 2 is 1.79 bits per heavy atom. The molecule has 0 saturated heterocycles. The molecule has 2 rings (SSSR count). The zero-order valence-electron chi connectivity index (χ0n) is 10.4. The summed E-state index contributed by atoms with van der Waals surface area (Å²) in [6, 6.07) is 14.1. The smallest absolute Gasteiger partial charge is 0.127 e. The maximum absolute atomic E-state index is 13.5. The molecule has 2 aromatic carbocycles. The van der Waals surface area contributed by atoms with E-state index in [0.29, 0.717) is 23.7 Å². The molecule has 0 aliphatic carbocycles. The molecular weight excluding hydrogens is 263 g/mol. The monoisotopic (exact) mass is 278 g/mol. The lowest BCUT2D eigenvalue weighted by molar-refractivity contribution is 0.522. The topological polar surface area (TPSA) is 38.0 Å². The van der Waals surface area contributed by atoms with Crippen molar-refractivity contribution < 1.29 is 4.39 Å². The van der Waals surface area contributed by atoms with Gasteiger partial charge in [0.05, 0.1) is 0 Å². The van der Waals surface area contributed by atoms with Gasteiger partial charge >= 0.3 is 0 Å². The summed E-state index contributed by atoms with van der Waals surface area (Å²) in [5.74, 6) is -0.218. The van der Waals surface area contributed by atoms with Crippen molar-refractivity contribution in [3.63, 3.8) is 0 Å². The lowest BCUT2D eigenvalue weighted by Crippen LogP contribution is -2.28. The quantitative estimate of drug-likeness (QED) is 0.881. The molecule has 0 bridgehead atoms. The van der Waals surface area contributed by atoms with E-state index in [0.717, 1.165) is 5.56 Å². The number of hydrogen-bond donors (Lipinski definition) is 2. The molecule has 0 radical (unpaired) electrons. The van der Waals surface area contributed by atoms with Gasteiger partial charge in [0, 0.05) is 29.7 Å². The molecule has 100 valence electrons. The maximum Gasteiger partial charge on any atom is 0.127 e. The molecule has 1 unspecified atom stereocenters. The Morgan fingerprint density at radius 1 is 1.11 bits per heavy atom. The summed E-state index contributed by atoms with van der Waals surface area (Å²) in [6.45, 7) is 0.817. The van der Waals surface area contributed by atoms with E-state index in [-0.39, 0.29) is 11.9 Å². The van der Waals surface area contributed by atoms with Crippen LogP contribution in [0.25, 0.3) is 0 Å². The highest BCUT2D eigenvalue weighted by Crippen LogP contribution is 2.22. The van der Waals surface area contributed by atoms with Crippen molar-refractivity contribution in [2.75, 3.05) is 6.54 Å². The summed E-state index contributed by atoms with van der Waals surface area (Å²) in [7, 11) is 0. The number of rotatable bonds is 5. The second kappa shape index (κ2) is 6.66. The Labute approximate surface area is 117 Å². The second-order valence-corrected chi connectivity index (χ2v) is 4.69. The van der Waals surface area contributed by atoms with Gasteiger partial charge in [-0.3, -0.25) is 0 Å². The largest absolute Gasteiger partial charge is 0.329 e. The van der Waals surface area contributed by atoms with Gasteiger partial charge in [0.2, 0.25) is 0 Å². The van der Waals surface area contributed by atoms with Crippen LogP contribution < -0.4 is 11.1 Å². The van der Waals surface area contributed by atoms with Crippen LogP contribution in [-0.4, -0.2) is 6.54 Å². The molecule has 2 nitrogen and oxygen atoms in total. The standard InChI is InChI=1S/C15H16ClFN2/c16-13-7-3-2-6-12(13)15(9-18)19-10-11-5-1-4-8-14(11)17/h1-8,15,19H,9-10,18H2. The zero-order chi connectivity index (χ0) is 13.7. The van der Waals surface area contributed by atoms with Crippen molar-refractivity contribution in [1.82, 2.24) is 5.32 Å². The summed E-state index contributed by atoms with van der Waals surface area (Å²) in [5, 5.41) is 3.90. The first-order chi connectivity index (χ1) is 9.22. The lowest BCUT2D eigenvalue weighted by atomic mass is 10.1. The molecule has 3 N–H and O–H groups in total. The molecule has 0 saturated carbocycles. The minimum atomic E-state index is -0.218. The van der Waals surface area contributed by atoms with Crippen LogP contribution in [0, 0.1) is 5.82 Å². The fraction of sp³-hybridized carbons (Fsp3) is 0.200. The van der Waals surface area contributed by atoms with Gasteiger partial charge < -0.3 is 11.1 Å². The van der Waals surface area contributed by atoms with E-state index in [1.54, 1.807) is 12.1 Å². The van der Waals surface area contributed by atoms with Gasteiger partial charge in [0.25, 0.3) is 0 Å². The van der Waals surface area contributed by atoms with E-state index in [4.69, 9.17) is 17.3 Å². The normalized spacial score (nSPS) is 12.4. The molecule has 0 aromatic heterocycles. The summed E-state index contributed by atoms with van der Waals surface area (Å²) in [5.41, 5.74) is 7.31.